The molecular weight excluding hydrogens is 300 g/mol. The highest BCUT2D eigenvalue weighted by atomic mass is 16.5. The number of ether oxygens (including phenoxy) is 1. The Bertz CT molecular complexity index is 651. The molecule has 1 aromatic rings. The zero-order chi connectivity index (χ0) is 17.4. The standard InChI is InChI=1S/C21H26O3/c1-3-24-19(22)14-6-4-5-9-15-21(2)16-10-12-17-11-7-8-13-18(17)20(21)23/h7-8,11,13H,3-5,9-10,12,15-16H2,1-2H3. The molecule has 0 radical (unpaired) electrons. The summed E-state index contributed by atoms with van der Waals surface area (Å²) in [5.41, 5.74) is 1.81. The van der Waals surface area contributed by atoms with E-state index in [2.05, 4.69) is 24.8 Å². The third-order valence-electron chi connectivity index (χ3n) is 4.73. The van der Waals surface area contributed by atoms with Gasteiger partial charge < -0.3 is 4.74 Å². The third kappa shape index (κ3) is 4.71. The number of hydrogen-bond acceptors (Lipinski definition) is 3. The molecule has 0 bridgehead atoms. The van der Waals surface area contributed by atoms with E-state index in [1.54, 1.807) is 6.92 Å². The molecule has 0 spiro atoms. The molecule has 0 aromatic heterocycles. The molecule has 0 saturated heterocycles. The summed E-state index contributed by atoms with van der Waals surface area (Å²) in [5.74, 6) is 5.16. The molecule has 0 saturated carbocycles. The van der Waals surface area contributed by atoms with Gasteiger partial charge in [-0.15, -0.1) is 0 Å². The van der Waals surface area contributed by atoms with Gasteiger partial charge in [0.15, 0.2) is 5.78 Å². The van der Waals surface area contributed by atoms with Gasteiger partial charge in [0.2, 0.25) is 0 Å². The van der Waals surface area contributed by atoms with Crippen molar-refractivity contribution >= 4 is 11.8 Å². The Labute approximate surface area is 144 Å². The van der Waals surface area contributed by atoms with E-state index in [-0.39, 0.29) is 11.2 Å². The topological polar surface area (TPSA) is 43.4 Å². The van der Waals surface area contributed by atoms with E-state index >= 15 is 0 Å². The van der Waals surface area contributed by atoms with Gasteiger partial charge in [-0.3, -0.25) is 4.79 Å². The second-order valence-corrected chi connectivity index (χ2v) is 6.63. The quantitative estimate of drug-likeness (QED) is 0.266. The fraction of sp³-hybridized carbons (Fsp3) is 0.524. The lowest BCUT2D eigenvalue weighted by Crippen LogP contribution is -2.27. The van der Waals surface area contributed by atoms with E-state index in [9.17, 15) is 9.59 Å². The average Bonchev–Trinajstić information content (AvgIpc) is 2.69. The molecule has 24 heavy (non-hydrogen) atoms. The fourth-order valence-corrected chi connectivity index (χ4v) is 3.34. The molecule has 1 aromatic carbocycles. The highest BCUT2D eigenvalue weighted by Crippen LogP contribution is 2.38. The van der Waals surface area contributed by atoms with Crippen molar-refractivity contribution in [3.05, 3.63) is 35.4 Å². The molecule has 0 N–H and O–H groups in total. The van der Waals surface area contributed by atoms with Crippen LogP contribution in [0.2, 0.25) is 0 Å². The normalized spacial score (nSPS) is 19.7. The molecule has 0 fully saturated rings. The van der Waals surface area contributed by atoms with Crippen LogP contribution in [0.3, 0.4) is 0 Å². The minimum atomic E-state index is -0.458. The maximum atomic E-state index is 13.0. The Hall–Kier alpha value is -2.08. The lowest BCUT2D eigenvalue weighted by atomic mass is 9.76. The summed E-state index contributed by atoms with van der Waals surface area (Å²) in [4.78, 5) is 24.1. The minimum Gasteiger partial charge on any atom is -0.456 e. The number of Topliss-reactive ketones (excluding diaryl/α,β-unsaturated/α-hetero) is 1. The van der Waals surface area contributed by atoms with Gasteiger partial charge >= 0.3 is 5.97 Å². The molecule has 1 unspecified atom stereocenters. The van der Waals surface area contributed by atoms with E-state index in [1.807, 2.05) is 18.2 Å². The molecule has 2 rings (SSSR count). The van der Waals surface area contributed by atoms with Gasteiger partial charge in [0.1, 0.15) is 0 Å². The van der Waals surface area contributed by atoms with Crippen molar-refractivity contribution in [3.63, 3.8) is 0 Å². The number of esters is 1. The highest BCUT2D eigenvalue weighted by molar-refractivity contribution is 6.01. The zero-order valence-electron chi connectivity index (χ0n) is 14.7. The van der Waals surface area contributed by atoms with Gasteiger partial charge in [-0.25, -0.2) is 4.79 Å². The van der Waals surface area contributed by atoms with Crippen molar-refractivity contribution in [2.24, 2.45) is 5.41 Å². The van der Waals surface area contributed by atoms with Gasteiger partial charge in [-0.1, -0.05) is 43.5 Å². The van der Waals surface area contributed by atoms with Crippen molar-refractivity contribution < 1.29 is 14.3 Å². The van der Waals surface area contributed by atoms with Gasteiger partial charge in [0, 0.05) is 23.3 Å². The minimum absolute atomic E-state index is 0.277. The summed E-state index contributed by atoms with van der Waals surface area (Å²) in [7, 11) is 0. The molecule has 1 aliphatic rings. The fourth-order valence-electron chi connectivity index (χ4n) is 3.34. The van der Waals surface area contributed by atoms with Crippen molar-refractivity contribution in [3.8, 4) is 11.8 Å². The smallest absolute Gasteiger partial charge is 0.384 e. The Balaban J connectivity index is 1.88. The summed E-state index contributed by atoms with van der Waals surface area (Å²) in [6, 6.07) is 8.00. The number of aryl methyl sites for hydroxylation is 1. The largest absolute Gasteiger partial charge is 0.456 e. The molecular formula is C21H26O3. The number of carbonyl (C=O) groups is 2. The van der Waals surface area contributed by atoms with Crippen LogP contribution in [-0.4, -0.2) is 18.4 Å². The lowest BCUT2D eigenvalue weighted by molar-refractivity contribution is -0.136. The number of unbranched alkanes of at least 4 members (excludes halogenated alkanes) is 2. The summed E-state index contributed by atoms with van der Waals surface area (Å²) >= 11 is 0. The monoisotopic (exact) mass is 326 g/mol. The molecule has 0 aliphatic heterocycles. The highest BCUT2D eigenvalue weighted by Gasteiger charge is 2.35. The van der Waals surface area contributed by atoms with Crippen LogP contribution in [0, 0.1) is 17.3 Å². The van der Waals surface area contributed by atoms with Crippen LogP contribution in [0.1, 0.15) is 68.3 Å². The van der Waals surface area contributed by atoms with Crippen molar-refractivity contribution in [2.75, 3.05) is 6.61 Å². The van der Waals surface area contributed by atoms with Crippen LogP contribution in [-0.2, 0) is 16.0 Å². The predicted octanol–water partition coefficient (Wildman–Crippen LogP) is 4.34. The Kier molecular flexibility index (Phi) is 6.61. The van der Waals surface area contributed by atoms with Gasteiger partial charge in [-0.2, -0.15) is 0 Å². The molecule has 0 amide bonds. The first-order valence-electron chi connectivity index (χ1n) is 8.85. The van der Waals surface area contributed by atoms with Crippen molar-refractivity contribution in [2.45, 2.75) is 58.8 Å². The molecule has 0 heterocycles. The van der Waals surface area contributed by atoms with Crippen LogP contribution >= 0.6 is 0 Å². The Morgan fingerprint density at radius 3 is 2.88 bits per heavy atom. The molecule has 128 valence electrons. The van der Waals surface area contributed by atoms with Crippen LogP contribution in [0.5, 0.6) is 0 Å². The predicted molar refractivity (Wildman–Crippen MR) is 94.7 cm³/mol. The van der Waals surface area contributed by atoms with E-state index in [4.69, 9.17) is 4.74 Å². The third-order valence-corrected chi connectivity index (χ3v) is 4.73. The maximum Gasteiger partial charge on any atom is 0.384 e. The molecule has 3 heteroatoms. The molecule has 1 atom stereocenters. The van der Waals surface area contributed by atoms with E-state index < -0.39 is 5.97 Å². The molecule has 3 nitrogen and oxygen atoms in total. The summed E-state index contributed by atoms with van der Waals surface area (Å²) in [6.45, 7) is 4.22. The number of fused-ring (bicyclic) bond motifs is 1. The number of hydrogen-bond donors (Lipinski definition) is 0. The van der Waals surface area contributed by atoms with Gasteiger partial charge in [0.25, 0.3) is 0 Å². The second-order valence-electron chi connectivity index (χ2n) is 6.63. The van der Waals surface area contributed by atoms with E-state index in [0.29, 0.717) is 13.0 Å². The number of benzene rings is 1. The Morgan fingerprint density at radius 2 is 2.08 bits per heavy atom. The lowest BCUT2D eigenvalue weighted by Gasteiger charge is -2.26. The number of carbonyl (C=O) groups excluding carboxylic acids is 2. The summed E-state index contributed by atoms with van der Waals surface area (Å²) in [6.07, 6.45) is 6.37. The van der Waals surface area contributed by atoms with Crippen LogP contribution in [0.15, 0.2) is 24.3 Å². The maximum absolute atomic E-state index is 13.0. The first kappa shape index (κ1) is 18.3. The first-order chi connectivity index (χ1) is 11.6. The summed E-state index contributed by atoms with van der Waals surface area (Å²) in [5, 5.41) is 0. The van der Waals surface area contributed by atoms with Gasteiger partial charge in [0.05, 0.1) is 6.61 Å². The second kappa shape index (κ2) is 8.68. The van der Waals surface area contributed by atoms with E-state index in [1.165, 1.54) is 5.56 Å². The SMILES string of the molecule is CCOC(=O)C#CCCCCC1(C)CCCc2ccccc2C1=O. The first-order valence-corrected chi connectivity index (χ1v) is 8.85. The molecule has 1 aliphatic carbocycles. The van der Waals surface area contributed by atoms with Crippen LogP contribution in [0.25, 0.3) is 0 Å². The average molecular weight is 326 g/mol. The zero-order valence-corrected chi connectivity index (χ0v) is 14.7. The number of rotatable bonds is 5. The van der Waals surface area contributed by atoms with Crippen LogP contribution < -0.4 is 0 Å². The van der Waals surface area contributed by atoms with Crippen molar-refractivity contribution in [1.29, 1.82) is 0 Å². The summed E-state index contributed by atoms with van der Waals surface area (Å²) < 4.78 is 4.76. The van der Waals surface area contributed by atoms with Crippen LogP contribution in [0.4, 0.5) is 0 Å². The van der Waals surface area contributed by atoms with E-state index in [0.717, 1.165) is 44.1 Å². The van der Waals surface area contributed by atoms with Gasteiger partial charge in [-0.05, 0) is 44.6 Å². The van der Waals surface area contributed by atoms with Crippen molar-refractivity contribution in [1.82, 2.24) is 0 Å². The Morgan fingerprint density at radius 1 is 1.29 bits per heavy atom. The number of ketones is 1.